The number of halogens is 2. The number of carbonyl (C=O) groups excluding carboxylic acids is 2. The first kappa shape index (κ1) is 37.7. The smallest absolute Gasteiger partial charge is 0.343 e. The summed E-state index contributed by atoms with van der Waals surface area (Å²) in [5, 5.41) is 0.385. The van der Waals surface area contributed by atoms with E-state index in [-0.39, 0.29) is 12.5 Å². The van der Waals surface area contributed by atoms with Gasteiger partial charge in [0.2, 0.25) is 0 Å². The molecule has 1 atom stereocenters. The number of hydrogen-bond donors (Lipinski definition) is 0. The molecule has 2 aromatic rings. The molecular weight excluding hydrogens is 607 g/mol. The number of esters is 2. The summed E-state index contributed by atoms with van der Waals surface area (Å²) < 4.78 is 36.6. The van der Waals surface area contributed by atoms with E-state index in [1.165, 1.54) is 51.4 Å². The Morgan fingerprint density at radius 2 is 1.39 bits per heavy atom. The molecule has 2 aromatic carbocycles. The molecule has 8 heteroatoms. The normalized spacial score (nSPS) is 16.9. The number of benzene rings is 2. The average molecular weight is 661 g/mol. The van der Waals surface area contributed by atoms with Gasteiger partial charge in [0.25, 0.3) is 0 Å². The molecule has 0 radical (unpaired) electrons. The maximum absolute atomic E-state index is 13.9. The largest absolute Gasteiger partial charge is 0.493 e. The number of alkyl halides is 1. The summed E-state index contributed by atoms with van der Waals surface area (Å²) in [6.45, 7) is 5.36. The van der Waals surface area contributed by atoms with Gasteiger partial charge in [0.15, 0.2) is 6.17 Å². The molecule has 0 aromatic heterocycles. The lowest BCUT2D eigenvalue weighted by Gasteiger charge is -2.28. The SMILES string of the molecule is CCCCCCCCCCCCOc1ccc(C(=O)Oc2ccc(OC[C@H]3CC[C@H](OC(=O)[C@@H](F)CCCC)CC3)cc2)cc1Cl. The number of carbonyl (C=O) groups is 2. The second kappa shape index (κ2) is 21.9. The second-order valence-electron chi connectivity index (χ2n) is 12.5. The predicted molar refractivity (Wildman–Crippen MR) is 182 cm³/mol. The monoisotopic (exact) mass is 660 g/mol. The summed E-state index contributed by atoms with van der Waals surface area (Å²) in [6, 6.07) is 11.9. The number of unbranched alkanes of at least 4 members (excludes halogenated alkanes) is 10. The number of hydrogen-bond acceptors (Lipinski definition) is 6. The molecule has 3 rings (SSSR count). The summed E-state index contributed by atoms with van der Waals surface area (Å²) in [5.41, 5.74) is 0.348. The maximum atomic E-state index is 13.9. The Hall–Kier alpha value is -2.80. The van der Waals surface area contributed by atoms with Crippen LogP contribution in [0.15, 0.2) is 42.5 Å². The van der Waals surface area contributed by atoms with Crippen molar-refractivity contribution >= 4 is 23.5 Å². The zero-order valence-corrected chi connectivity index (χ0v) is 28.7. The Morgan fingerprint density at radius 1 is 0.783 bits per heavy atom. The molecule has 0 amide bonds. The van der Waals surface area contributed by atoms with Crippen LogP contribution in [-0.2, 0) is 9.53 Å². The minimum Gasteiger partial charge on any atom is -0.493 e. The average Bonchev–Trinajstić information content (AvgIpc) is 3.07. The van der Waals surface area contributed by atoms with Crippen molar-refractivity contribution in [3.05, 3.63) is 53.1 Å². The summed E-state index contributed by atoms with van der Waals surface area (Å²) >= 11 is 6.40. The van der Waals surface area contributed by atoms with Crippen LogP contribution in [0.2, 0.25) is 5.02 Å². The van der Waals surface area contributed by atoms with Crippen LogP contribution < -0.4 is 14.2 Å². The quantitative estimate of drug-likeness (QED) is 0.0711. The van der Waals surface area contributed by atoms with Crippen LogP contribution in [0.5, 0.6) is 17.2 Å². The third-order valence-electron chi connectivity index (χ3n) is 8.59. The first-order valence-electron chi connectivity index (χ1n) is 17.6. The lowest BCUT2D eigenvalue weighted by molar-refractivity contribution is -0.157. The van der Waals surface area contributed by atoms with E-state index in [0.717, 1.165) is 32.1 Å². The van der Waals surface area contributed by atoms with Gasteiger partial charge in [-0.15, -0.1) is 0 Å². The molecule has 0 N–H and O–H groups in total. The Bertz CT molecular complexity index is 1150. The van der Waals surface area contributed by atoms with E-state index >= 15 is 0 Å². The fourth-order valence-corrected chi connectivity index (χ4v) is 5.89. The van der Waals surface area contributed by atoms with E-state index in [1.807, 2.05) is 6.92 Å². The maximum Gasteiger partial charge on any atom is 0.343 e. The van der Waals surface area contributed by atoms with Gasteiger partial charge in [-0.2, -0.15) is 0 Å². The van der Waals surface area contributed by atoms with E-state index in [1.54, 1.807) is 42.5 Å². The molecule has 0 saturated heterocycles. The zero-order valence-electron chi connectivity index (χ0n) is 27.9. The highest BCUT2D eigenvalue weighted by molar-refractivity contribution is 6.32. The van der Waals surface area contributed by atoms with Crippen LogP contribution in [0.3, 0.4) is 0 Å². The van der Waals surface area contributed by atoms with Gasteiger partial charge in [-0.3, -0.25) is 0 Å². The molecule has 1 aliphatic rings. The molecule has 1 saturated carbocycles. The van der Waals surface area contributed by atoms with Crippen LogP contribution >= 0.6 is 11.6 Å². The van der Waals surface area contributed by atoms with Crippen LogP contribution in [0.1, 0.15) is 133 Å². The fourth-order valence-electron chi connectivity index (χ4n) is 5.66. The van der Waals surface area contributed by atoms with Gasteiger partial charge in [-0.25, -0.2) is 14.0 Å². The Labute approximate surface area is 280 Å². The molecule has 1 aliphatic carbocycles. The molecule has 0 bridgehead atoms. The fraction of sp³-hybridized carbons (Fsp3) is 0.632. The zero-order chi connectivity index (χ0) is 33.0. The molecule has 0 spiro atoms. The minimum absolute atomic E-state index is 0.217. The molecule has 6 nitrogen and oxygen atoms in total. The summed E-state index contributed by atoms with van der Waals surface area (Å²) in [7, 11) is 0. The summed E-state index contributed by atoms with van der Waals surface area (Å²) in [4.78, 5) is 24.7. The van der Waals surface area contributed by atoms with Crippen molar-refractivity contribution in [3.63, 3.8) is 0 Å². The summed E-state index contributed by atoms with van der Waals surface area (Å²) in [5.74, 6) is 0.761. The van der Waals surface area contributed by atoms with Crippen LogP contribution in [0.25, 0.3) is 0 Å². The highest BCUT2D eigenvalue weighted by atomic mass is 35.5. The van der Waals surface area contributed by atoms with Crippen molar-refractivity contribution in [2.45, 2.75) is 135 Å². The van der Waals surface area contributed by atoms with Gasteiger partial charge >= 0.3 is 11.9 Å². The van der Waals surface area contributed by atoms with E-state index in [4.69, 9.17) is 30.5 Å². The van der Waals surface area contributed by atoms with Gasteiger partial charge < -0.3 is 18.9 Å². The van der Waals surface area contributed by atoms with Crippen molar-refractivity contribution in [3.8, 4) is 17.2 Å². The number of ether oxygens (including phenoxy) is 4. The van der Waals surface area contributed by atoms with E-state index < -0.39 is 18.1 Å². The molecule has 0 unspecified atom stereocenters. The molecular formula is C38H54ClFO6. The van der Waals surface area contributed by atoms with Crippen molar-refractivity contribution in [2.24, 2.45) is 5.92 Å². The highest BCUT2D eigenvalue weighted by Gasteiger charge is 2.27. The van der Waals surface area contributed by atoms with Crippen molar-refractivity contribution in [2.75, 3.05) is 13.2 Å². The Balaban J connectivity index is 1.30. The first-order chi connectivity index (χ1) is 22.4. The van der Waals surface area contributed by atoms with Crippen LogP contribution in [0, 0.1) is 5.92 Å². The van der Waals surface area contributed by atoms with Gasteiger partial charge in [0, 0.05) is 0 Å². The van der Waals surface area contributed by atoms with Gasteiger partial charge in [0.05, 0.1) is 23.8 Å². The first-order valence-corrected chi connectivity index (χ1v) is 18.0. The topological polar surface area (TPSA) is 71.1 Å². The van der Waals surface area contributed by atoms with E-state index in [9.17, 15) is 14.0 Å². The Morgan fingerprint density at radius 3 is 2.02 bits per heavy atom. The lowest BCUT2D eigenvalue weighted by atomic mass is 9.88. The predicted octanol–water partition coefficient (Wildman–Crippen LogP) is 10.9. The van der Waals surface area contributed by atoms with Gasteiger partial charge in [-0.1, -0.05) is 96.1 Å². The molecule has 0 heterocycles. The van der Waals surface area contributed by atoms with Gasteiger partial charge in [-0.05, 0) is 86.9 Å². The van der Waals surface area contributed by atoms with Crippen molar-refractivity contribution in [1.82, 2.24) is 0 Å². The highest BCUT2D eigenvalue weighted by Crippen LogP contribution is 2.29. The van der Waals surface area contributed by atoms with Crippen LogP contribution in [0.4, 0.5) is 4.39 Å². The van der Waals surface area contributed by atoms with Crippen molar-refractivity contribution < 1.29 is 32.9 Å². The second-order valence-corrected chi connectivity index (χ2v) is 12.9. The summed E-state index contributed by atoms with van der Waals surface area (Å²) in [6.07, 6.45) is 15.8. The Kier molecular flexibility index (Phi) is 17.9. The van der Waals surface area contributed by atoms with Gasteiger partial charge in [0.1, 0.15) is 23.4 Å². The third kappa shape index (κ3) is 14.3. The molecule has 1 fully saturated rings. The van der Waals surface area contributed by atoms with Crippen LogP contribution in [-0.4, -0.2) is 37.4 Å². The lowest BCUT2D eigenvalue weighted by Crippen LogP contribution is -2.30. The van der Waals surface area contributed by atoms with E-state index in [2.05, 4.69) is 6.92 Å². The van der Waals surface area contributed by atoms with E-state index in [0.29, 0.717) is 66.2 Å². The number of rotatable bonds is 22. The third-order valence-corrected chi connectivity index (χ3v) is 8.88. The molecule has 46 heavy (non-hydrogen) atoms. The molecule has 256 valence electrons. The molecule has 0 aliphatic heterocycles. The van der Waals surface area contributed by atoms with Crippen molar-refractivity contribution in [1.29, 1.82) is 0 Å². The standard InChI is InChI=1S/C38H54ClFO6/c1-3-5-7-8-9-10-11-12-13-14-26-43-36-25-18-30(27-34(36)39)37(41)45-33-23-21-31(22-24-33)44-28-29-16-19-32(20-17-29)46-38(42)35(40)15-6-4-2/h18,21-25,27,29,32,35H,3-17,19-20,26,28H2,1-2H3/t29-,32-,35-/m0/s1. The minimum atomic E-state index is -1.52.